The van der Waals surface area contributed by atoms with Gasteiger partial charge in [-0.25, -0.2) is 0 Å². The van der Waals surface area contributed by atoms with Gasteiger partial charge in [0.15, 0.2) is 5.84 Å². The zero-order valence-corrected chi connectivity index (χ0v) is 7.99. The van der Waals surface area contributed by atoms with Gasteiger partial charge in [-0.3, -0.25) is 0 Å². The summed E-state index contributed by atoms with van der Waals surface area (Å²) in [6.45, 7) is 1.44. The van der Waals surface area contributed by atoms with Crippen LogP contribution in [0.15, 0.2) is 5.16 Å². The number of rotatable bonds is 7. The first-order valence-electron chi connectivity index (χ1n) is 3.93. The lowest BCUT2D eigenvalue weighted by Gasteiger charge is -2.14. The molecule has 1 atom stereocenters. The molecule has 0 heterocycles. The molecule has 0 aliphatic carbocycles. The first kappa shape index (κ1) is 12.2. The summed E-state index contributed by atoms with van der Waals surface area (Å²) in [6.07, 6.45) is -0.0171. The van der Waals surface area contributed by atoms with Gasteiger partial charge in [0.2, 0.25) is 0 Å². The number of oxime groups is 1. The van der Waals surface area contributed by atoms with Crippen molar-refractivity contribution in [1.82, 2.24) is 5.32 Å². The summed E-state index contributed by atoms with van der Waals surface area (Å²) in [4.78, 5) is 0. The predicted molar refractivity (Wildman–Crippen MR) is 49.0 cm³/mol. The van der Waals surface area contributed by atoms with Crippen molar-refractivity contribution in [3.8, 4) is 0 Å². The zero-order chi connectivity index (χ0) is 10.1. The number of nitrogens with two attached hydrogens (primary N) is 1. The molecule has 0 aromatic carbocycles. The van der Waals surface area contributed by atoms with Crippen LogP contribution in [0.4, 0.5) is 0 Å². The van der Waals surface area contributed by atoms with E-state index in [0.717, 1.165) is 0 Å². The average Bonchev–Trinajstić information content (AvgIpc) is 2.16. The molecule has 0 aromatic rings. The molecule has 0 fully saturated rings. The lowest BCUT2D eigenvalue weighted by molar-refractivity contribution is 0.0296. The molecule has 0 radical (unpaired) electrons. The van der Waals surface area contributed by atoms with Crippen LogP contribution in [0.25, 0.3) is 0 Å². The van der Waals surface area contributed by atoms with Crippen LogP contribution in [0, 0.1) is 0 Å². The fraction of sp³-hybridized carbons (Fsp3) is 0.857. The van der Waals surface area contributed by atoms with Gasteiger partial charge >= 0.3 is 0 Å². The highest BCUT2D eigenvalue weighted by Crippen LogP contribution is 1.87. The summed E-state index contributed by atoms with van der Waals surface area (Å²) in [5, 5.41) is 14.0. The summed E-state index contributed by atoms with van der Waals surface area (Å²) in [7, 11) is 3.21. The van der Waals surface area contributed by atoms with Crippen LogP contribution in [0.3, 0.4) is 0 Å². The van der Waals surface area contributed by atoms with E-state index in [1.54, 1.807) is 14.2 Å². The third-order valence-corrected chi connectivity index (χ3v) is 1.49. The average molecular weight is 191 g/mol. The molecule has 0 aliphatic rings. The second kappa shape index (κ2) is 7.78. The molecular formula is C7H17N3O3. The Bertz CT molecular complexity index is 152. The molecule has 0 saturated heterocycles. The van der Waals surface area contributed by atoms with E-state index in [1.807, 2.05) is 0 Å². The number of methoxy groups -OCH3 is 2. The molecule has 0 saturated carbocycles. The minimum atomic E-state index is -0.0171. The fourth-order valence-corrected chi connectivity index (χ4v) is 0.793. The Balaban J connectivity index is 3.48. The number of amidine groups is 1. The number of nitrogens with zero attached hydrogens (tertiary/aromatic N) is 1. The van der Waals surface area contributed by atoms with E-state index in [9.17, 15) is 0 Å². The van der Waals surface area contributed by atoms with Crippen molar-refractivity contribution in [2.75, 3.05) is 33.9 Å². The van der Waals surface area contributed by atoms with E-state index < -0.39 is 0 Å². The smallest absolute Gasteiger partial charge is 0.153 e. The lowest BCUT2D eigenvalue weighted by Crippen LogP contribution is -2.37. The molecule has 13 heavy (non-hydrogen) atoms. The van der Waals surface area contributed by atoms with Crippen LogP contribution in [0.5, 0.6) is 0 Å². The van der Waals surface area contributed by atoms with Crippen LogP contribution in [0.1, 0.15) is 0 Å². The van der Waals surface area contributed by atoms with Crippen LogP contribution >= 0.6 is 0 Å². The Kier molecular flexibility index (Phi) is 7.27. The Labute approximate surface area is 77.7 Å². The summed E-state index contributed by atoms with van der Waals surface area (Å²) >= 11 is 0. The molecule has 0 aromatic heterocycles. The van der Waals surface area contributed by atoms with Crippen LogP contribution in [0.2, 0.25) is 0 Å². The summed E-state index contributed by atoms with van der Waals surface area (Å²) < 4.78 is 9.98. The minimum absolute atomic E-state index is 0.0171. The molecule has 4 N–H and O–H groups in total. The van der Waals surface area contributed by atoms with Crippen molar-refractivity contribution in [2.45, 2.75) is 6.10 Å². The molecule has 0 amide bonds. The predicted octanol–water partition coefficient (Wildman–Crippen LogP) is -1.02. The van der Waals surface area contributed by atoms with Gasteiger partial charge in [0.25, 0.3) is 0 Å². The molecule has 1 unspecified atom stereocenters. The highest BCUT2D eigenvalue weighted by molar-refractivity contribution is 5.81. The van der Waals surface area contributed by atoms with Gasteiger partial charge < -0.3 is 25.7 Å². The highest BCUT2D eigenvalue weighted by Gasteiger charge is 2.05. The maximum absolute atomic E-state index is 8.23. The Morgan fingerprint density at radius 1 is 1.62 bits per heavy atom. The Morgan fingerprint density at radius 3 is 2.77 bits per heavy atom. The molecule has 6 nitrogen and oxygen atoms in total. The molecule has 6 heteroatoms. The summed E-state index contributed by atoms with van der Waals surface area (Å²) in [5.41, 5.74) is 5.24. The molecular weight excluding hydrogens is 174 g/mol. The third kappa shape index (κ3) is 6.32. The number of hydrogen-bond donors (Lipinski definition) is 3. The van der Waals surface area contributed by atoms with Gasteiger partial charge in [0.05, 0.1) is 19.3 Å². The Hall–Kier alpha value is -0.850. The third-order valence-electron chi connectivity index (χ3n) is 1.49. The van der Waals surface area contributed by atoms with E-state index in [2.05, 4.69) is 10.5 Å². The summed E-state index contributed by atoms with van der Waals surface area (Å²) in [6, 6.07) is 0. The first-order chi connectivity index (χ1) is 6.24. The van der Waals surface area contributed by atoms with Gasteiger partial charge in [0.1, 0.15) is 0 Å². The molecule has 0 aliphatic heterocycles. The first-order valence-corrected chi connectivity index (χ1v) is 3.93. The van der Waals surface area contributed by atoms with Crippen molar-refractivity contribution in [3.63, 3.8) is 0 Å². The molecule has 0 rings (SSSR count). The van der Waals surface area contributed by atoms with E-state index in [4.69, 9.17) is 20.4 Å². The van der Waals surface area contributed by atoms with Crippen molar-refractivity contribution in [1.29, 1.82) is 0 Å². The van der Waals surface area contributed by atoms with E-state index in [0.29, 0.717) is 19.7 Å². The van der Waals surface area contributed by atoms with Crippen molar-refractivity contribution in [3.05, 3.63) is 0 Å². The maximum atomic E-state index is 8.23. The van der Waals surface area contributed by atoms with Gasteiger partial charge in [-0.1, -0.05) is 5.16 Å². The zero-order valence-electron chi connectivity index (χ0n) is 7.99. The van der Waals surface area contributed by atoms with Crippen molar-refractivity contribution >= 4 is 5.84 Å². The van der Waals surface area contributed by atoms with Crippen LogP contribution in [-0.4, -0.2) is 51.1 Å². The van der Waals surface area contributed by atoms with E-state index in [-0.39, 0.29) is 11.9 Å². The standard InChI is InChI=1S/C7H17N3O3/c1-12-5-6(13-2)3-9-4-7(8)10-11/h6,9,11H,3-5H2,1-2H3,(H2,8,10). The van der Waals surface area contributed by atoms with Crippen LogP contribution < -0.4 is 11.1 Å². The second-order valence-electron chi connectivity index (χ2n) is 2.54. The maximum Gasteiger partial charge on any atom is 0.153 e. The van der Waals surface area contributed by atoms with Crippen LogP contribution in [-0.2, 0) is 9.47 Å². The molecule has 0 spiro atoms. The topological polar surface area (TPSA) is 89.1 Å². The van der Waals surface area contributed by atoms with Gasteiger partial charge in [-0.15, -0.1) is 0 Å². The molecule has 0 bridgehead atoms. The normalized spacial score (nSPS) is 14.5. The van der Waals surface area contributed by atoms with Crippen molar-refractivity contribution in [2.24, 2.45) is 10.9 Å². The Morgan fingerprint density at radius 2 is 2.31 bits per heavy atom. The largest absolute Gasteiger partial charge is 0.409 e. The lowest BCUT2D eigenvalue weighted by atomic mass is 10.3. The molecule has 78 valence electrons. The monoisotopic (exact) mass is 191 g/mol. The van der Waals surface area contributed by atoms with Gasteiger partial charge in [0, 0.05) is 20.8 Å². The second-order valence-corrected chi connectivity index (χ2v) is 2.54. The van der Waals surface area contributed by atoms with Crippen molar-refractivity contribution < 1.29 is 14.7 Å². The van der Waals surface area contributed by atoms with Gasteiger partial charge in [-0.2, -0.15) is 0 Å². The number of nitrogens with one attached hydrogen (secondary N) is 1. The highest BCUT2D eigenvalue weighted by atomic mass is 16.5. The number of hydrogen-bond acceptors (Lipinski definition) is 5. The summed E-state index contributed by atoms with van der Waals surface area (Å²) in [5.74, 6) is 0.146. The quantitative estimate of drug-likeness (QED) is 0.207. The van der Waals surface area contributed by atoms with Gasteiger partial charge in [-0.05, 0) is 0 Å². The van der Waals surface area contributed by atoms with E-state index in [1.165, 1.54) is 0 Å². The number of ether oxygens (including phenoxy) is 2. The fourth-order valence-electron chi connectivity index (χ4n) is 0.793. The SMILES string of the molecule is COCC(CNCC(N)=NO)OC. The minimum Gasteiger partial charge on any atom is -0.409 e. The van der Waals surface area contributed by atoms with E-state index >= 15 is 0 Å².